The topological polar surface area (TPSA) is 107 Å². The van der Waals surface area contributed by atoms with E-state index < -0.39 is 40.3 Å². The van der Waals surface area contributed by atoms with Crippen molar-refractivity contribution in [2.24, 2.45) is 0 Å². The third-order valence-corrected chi connectivity index (χ3v) is 4.67. The number of hydrogen-bond acceptors (Lipinski definition) is 7. The van der Waals surface area contributed by atoms with Crippen LogP contribution in [0.15, 0.2) is 54.1 Å². The van der Waals surface area contributed by atoms with Crippen LogP contribution in [0.1, 0.15) is 26.3 Å². The molecule has 27 heavy (non-hydrogen) atoms. The van der Waals surface area contributed by atoms with Gasteiger partial charge in [-0.2, -0.15) is 0 Å². The van der Waals surface area contributed by atoms with Gasteiger partial charge >= 0.3 is 5.97 Å². The van der Waals surface area contributed by atoms with Crippen LogP contribution >= 0.6 is 0 Å². The number of carbonyl (C=O) groups excluding carboxylic acids is 4. The molecule has 1 N–H and O–H groups in total. The molecule has 0 atom stereocenters. The molecule has 1 aliphatic carbocycles. The molecule has 2 aliphatic rings. The number of benzene rings is 2. The summed E-state index contributed by atoms with van der Waals surface area (Å²) in [5.74, 6) is -4.45. The van der Waals surface area contributed by atoms with Crippen molar-refractivity contribution in [1.29, 1.82) is 0 Å². The number of ether oxygens (including phenoxy) is 2. The number of methoxy groups -OCH3 is 1. The van der Waals surface area contributed by atoms with Crippen molar-refractivity contribution in [2.45, 2.75) is 5.60 Å². The van der Waals surface area contributed by atoms with Gasteiger partial charge in [0.2, 0.25) is 11.6 Å². The Balaban J connectivity index is 1.95. The Hall–Kier alpha value is -3.74. The summed E-state index contributed by atoms with van der Waals surface area (Å²) in [5, 5.41) is 10.7. The number of aliphatic hydroxyl groups excluding tert-OH is 1. The van der Waals surface area contributed by atoms with Crippen molar-refractivity contribution >= 4 is 29.1 Å². The van der Waals surface area contributed by atoms with Crippen LogP contribution in [0.2, 0.25) is 0 Å². The van der Waals surface area contributed by atoms with E-state index in [1.54, 1.807) is 12.1 Å². The molecule has 1 heterocycles. The molecule has 0 unspecified atom stereocenters. The summed E-state index contributed by atoms with van der Waals surface area (Å²) in [7, 11) is 1.46. The monoisotopic (exact) mass is 364 g/mol. The van der Waals surface area contributed by atoms with Crippen LogP contribution in [0.25, 0.3) is 5.76 Å². The first kappa shape index (κ1) is 16.7. The number of rotatable bonds is 2. The maximum atomic E-state index is 13.0. The fourth-order valence-corrected chi connectivity index (χ4v) is 3.35. The molecular formula is C20H12O7. The van der Waals surface area contributed by atoms with Gasteiger partial charge in [-0.05, 0) is 24.3 Å². The highest BCUT2D eigenvalue weighted by Crippen LogP contribution is 2.44. The molecule has 0 radical (unpaired) electrons. The first-order valence-electron chi connectivity index (χ1n) is 7.96. The van der Waals surface area contributed by atoms with Gasteiger partial charge in [-0.3, -0.25) is 14.4 Å². The zero-order valence-electron chi connectivity index (χ0n) is 14.0. The number of ketones is 3. The lowest BCUT2D eigenvalue weighted by Gasteiger charge is -2.20. The minimum absolute atomic E-state index is 0.0324. The zero-order chi connectivity index (χ0) is 19.3. The summed E-state index contributed by atoms with van der Waals surface area (Å²) in [6.07, 6.45) is 0. The van der Waals surface area contributed by atoms with E-state index in [9.17, 15) is 24.3 Å². The molecule has 7 nitrogen and oxygen atoms in total. The van der Waals surface area contributed by atoms with Gasteiger partial charge in [0.1, 0.15) is 17.1 Å². The van der Waals surface area contributed by atoms with E-state index in [1.165, 1.54) is 43.5 Å². The van der Waals surface area contributed by atoms with Gasteiger partial charge in [-0.1, -0.05) is 24.3 Å². The Morgan fingerprint density at radius 2 is 1.48 bits per heavy atom. The Labute approximate surface area is 152 Å². The molecule has 4 rings (SSSR count). The van der Waals surface area contributed by atoms with Gasteiger partial charge in [0, 0.05) is 16.7 Å². The second-order valence-corrected chi connectivity index (χ2v) is 6.06. The third-order valence-electron chi connectivity index (χ3n) is 4.67. The number of Topliss-reactive ketones (excluding diaryl/α,β-unsaturated/α-hetero) is 3. The highest BCUT2D eigenvalue weighted by molar-refractivity contribution is 6.52. The normalized spacial score (nSPS) is 19.3. The fraction of sp³-hybridized carbons (Fsp3) is 0.100. The average Bonchev–Trinajstić information content (AvgIpc) is 3.08. The van der Waals surface area contributed by atoms with E-state index in [-0.39, 0.29) is 16.7 Å². The Bertz CT molecular complexity index is 1020. The molecule has 2 aromatic rings. The molecule has 1 aliphatic heterocycles. The van der Waals surface area contributed by atoms with E-state index in [0.717, 1.165) is 0 Å². The summed E-state index contributed by atoms with van der Waals surface area (Å²) in [4.78, 5) is 50.3. The highest BCUT2D eigenvalue weighted by Gasteiger charge is 2.67. The van der Waals surface area contributed by atoms with Crippen molar-refractivity contribution in [3.05, 3.63) is 70.8 Å². The second kappa shape index (κ2) is 5.63. The predicted molar refractivity (Wildman–Crippen MR) is 91.5 cm³/mol. The van der Waals surface area contributed by atoms with Crippen molar-refractivity contribution in [3.8, 4) is 5.75 Å². The quantitative estimate of drug-likeness (QED) is 0.285. The maximum Gasteiger partial charge on any atom is 0.381 e. The Kier molecular flexibility index (Phi) is 3.49. The molecule has 1 spiro atoms. The molecule has 1 saturated heterocycles. The Morgan fingerprint density at radius 1 is 0.926 bits per heavy atom. The van der Waals surface area contributed by atoms with E-state index in [1.807, 2.05) is 0 Å². The van der Waals surface area contributed by atoms with Crippen molar-refractivity contribution in [1.82, 2.24) is 0 Å². The summed E-state index contributed by atoms with van der Waals surface area (Å²) in [6.45, 7) is 0. The lowest BCUT2D eigenvalue weighted by molar-refractivity contribution is -0.149. The summed E-state index contributed by atoms with van der Waals surface area (Å²) in [6, 6.07) is 11.8. The fourth-order valence-electron chi connectivity index (χ4n) is 3.35. The second-order valence-electron chi connectivity index (χ2n) is 6.06. The standard InChI is InChI=1S/C20H12O7/c1-26-11-8-6-10(7-9-11)15(21)14-16(22)19(25)27-20(14)17(23)12-4-2-3-5-13(12)18(20)24/h2-9,21H,1H3/b15-14+. The van der Waals surface area contributed by atoms with Gasteiger partial charge < -0.3 is 14.6 Å². The average molecular weight is 364 g/mol. The molecular weight excluding hydrogens is 352 g/mol. The molecule has 0 aromatic heterocycles. The summed E-state index contributed by atoms with van der Waals surface area (Å²) >= 11 is 0. The molecule has 134 valence electrons. The molecule has 0 amide bonds. The van der Waals surface area contributed by atoms with E-state index in [4.69, 9.17) is 9.47 Å². The smallest absolute Gasteiger partial charge is 0.381 e. The van der Waals surface area contributed by atoms with Crippen molar-refractivity contribution in [2.75, 3.05) is 7.11 Å². The zero-order valence-corrected chi connectivity index (χ0v) is 14.0. The van der Waals surface area contributed by atoms with Crippen molar-refractivity contribution < 1.29 is 33.8 Å². The van der Waals surface area contributed by atoms with Crippen LogP contribution in [0.5, 0.6) is 5.75 Å². The number of fused-ring (bicyclic) bond motifs is 1. The first-order valence-corrected chi connectivity index (χ1v) is 7.96. The van der Waals surface area contributed by atoms with Gasteiger partial charge in [-0.15, -0.1) is 0 Å². The number of carbonyl (C=O) groups is 4. The Morgan fingerprint density at radius 3 is 2.00 bits per heavy atom. The van der Waals surface area contributed by atoms with Crippen LogP contribution in [0.4, 0.5) is 0 Å². The highest BCUT2D eigenvalue weighted by atomic mass is 16.6. The van der Waals surface area contributed by atoms with E-state index in [2.05, 4.69) is 0 Å². The van der Waals surface area contributed by atoms with Crippen LogP contribution in [0.3, 0.4) is 0 Å². The predicted octanol–water partition coefficient (Wildman–Crippen LogP) is 1.91. The van der Waals surface area contributed by atoms with E-state index in [0.29, 0.717) is 5.75 Å². The molecule has 2 aromatic carbocycles. The van der Waals surface area contributed by atoms with Crippen LogP contribution in [-0.2, 0) is 14.3 Å². The molecule has 0 saturated carbocycles. The minimum Gasteiger partial charge on any atom is -0.507 e. The lowest BCUT2D eigenvalue weighted by Crippen LogP contribution is -2.43. The lowest BCUT2D eigenvalue weighted by atomic mass is 9.85. The van der Waals surface area contributed by atoms with Crippen molar-refractivity contribution in [3.63, 3.8) is 0 Å². The number of esters is 1. The number of aliphatic hydroxyl groups is 1. The van der Waals surface area contributed by atoms with E-state index >= 15 is 0 Å². The third kappa shape index (κ3) is 2.08. The SMILES string of the molecule is COc1ccc(/C(O)=C2/C(=O)C(=O)OC23C(=O)c2ccccc2C3=O)cc1. The minimum atomic E-state index is -2.48. The summed E-state index contributed by atoms with van der Waals surface area (Å²) < 4.78 is 10.0. The first-order chi connectivity index (χ1) is 12.9. The molecule has 0 bridgehead atoms. The van der Waals surface area contributed by atoms with Crippen LogP contribution < -0.4 is 4.74 Å². The van der Waals surface area contributed by atoms with Crippen LogP contribution in [-0.4, -0.2) is 41.1 Å². The summed E-state index contributed by atoms with van der Waals surface area (Å²) in [5.41, 5.74) is -2.95. The maximum absolute atomic E-state index is 13.0. The van der Waals surface area contributed by atoms with Gasteiger partial charge in [0.05, 0.1) is 7.11 Å². The molecule has 7 heteroatoms. The number of hydrogen-bond donors (Lipinski definition) is 1. The van der Waals surface area contributed by atoms with Crippen LogP contribution in [0, 0.1) is 0 Å². The molecule has 1 fully saturated rings. The largest absolute Gasteiger partial charge is 0.507 e. The van der Waals surface area contributed by atoms with Gasteiger partial charge in [-0.25, -0.2) is 4.79 Å². The van der Waals surface area contributed by atoms with Gasteiger partial charge in [0.25, 0.3) is 11.4 Å². The van der Waals surface area contributed by atoms with Gasteiger partial charge in [0.15, 0.2) is 0 Å².